The van der Waals surface area contributed by atoms with Crippen molar-refractivity contribution in [3.05, 3.63) is 29.8 Å². The van der Waals surface area contributed by atoms with Crippen molar-refractivity contribution in [2.45, 2.75) is 18.2 Å². The van der Waals surface area contributed by atoms with E-state index in [-0.39, 0.29) is 11.5 Å². The van der Waals surface area contributed by atoms with Gasteiger partial charge in [0, 0.05) is 12.1 Å². The minimum atomic E-state index is -3.52. The molecule has 0 spiro atoms. The maximum absolute atomic E-state index is 11.9. The Balaban J connectivity index is 3.13. The van der Waals surface area contributed by atoms with E-state index in [1.165, 1.54) is 6.07 Å². The van der Waals surface area contributed by atoms with Crippen LogP contribution < -0.4 is 4.72 Å². The van der Waals surface area contributed by atoms with Crippen LogP contribution in [0.4, 0.5) is 0 Å². The van der Waals surface area contributed by atoms with Gasteiger partial charge >= 0.3 is 0 Å². The molecule has 0 aliphatic heterocycles. The predicted octanol–water partition coefficient (Wildman–Crippen LogP) is 0.719. The molecule has 1 aromatic carbocycles. The Bertz CT molecular complexity index is 526. The van der Waals surface area contributed by atoms with Crippen molar-refractivity contribution in [3.8, 4) is 11.8 Å². The Morgan fingerprint density at radius 1 is 1.35 bits per heavy atom. The first-order chi connectivity index (χ1) is 8.11. The summed E-state index contributed by atoms with van der Waals surface area (Å²) in [7, 11) is -3.52. The van der Waals surface area contributed by atoms with Crippen LogP contribution in [0.5, 0.6) is 0 Å². The fraction of sp³-hybridized carbons (Fsp3) is 0.333. The Morgan fingerprint density at radius 2 is 2.06 bits per heavy atom. The van der Waals surface area contributed by atoms with Crippen molar-refractivity contribution >= 4 is 10.0 Å². The molecule has 0 aliphatic rings. The van der Waals surface area contributed by atoms with E-state index in [0.717, 1.165) is 6.42 Å². The van der Waals surface area contributed by atoms with Crippen LogP contribution in [0.1, 0.15) is 18.9 Å². The molecule has 0 bridgehead atoms. The fourth-order valence-electron chi connectivity index (χ4n) is 1.25. The van der Waals surface area contributed by atoms with Gasteiger partial charge in [-0.15, -0.1) is 0 Å². The largest absolute Gasteiger partial charge is 0.384 e. The van der Waals surface area contributed by atoms with Crippen molar-refractivity contribution in [3.63, 3.8) is 0 Å². The molecule has 0 amide bonds. The van der Waals surface area contributed by atoms with Gasteiger partial charge in [-0.2, -0.15) is 0 Å². The van der Waals surface area contributed by atoms with Gasteiger partial charge < -0.3 is 5.11 Å². The summed E-state index contributed by atoms with van der Waals surface area (Å²) in [6.07, 6.45) is 0.726. The fourth-order valence-corrected chi connectivity index (χ4v) is 2.55. The van der Waals surface area contributed by atoms with E-state index in [9.17, 15) is 8.42 Å². The summed E-state index contributed by atoms with van der Waals surface area (Å²) in [5.41, 5.74) is 0.394. The molecule has 0 radical (unpaired) electrons. The molecule has 0 aromatic heterocycles. The minimum Gasteiger partial charge on any atom is -0.384 e. The molecule has 5 heteroatoms. The normalized spacial score (nSPS) is 10.7. The number of aliphatic hydroxyl groups is 1. The first kappa shape index (κ1) is 13.7. The highest BCUT2D eigenvalue weighted by Crippen LogP contribution is 2.13. The zero-order chi connectivity index (χ0) is 12.7. The quantitative estimate of drug-likeness (QED) is 0.777. The standard InChI is InChI=1S/C12H15NO3S/c1-2-9-13-17(15,16)12-8-4-3-6-11(12)7-5-10-14/h3-4,6,8,13-14H,2,9-10H2,1H3. The first-order valence-corrected chi connectivity index (χ1v) is 6.78. The molecule has 0 heterocycles. The summed E-state index contributed by atoms with van der Waals surface area (Å²) in [5, 5.41) is 8.62. The van der Waals surface area contributed by atoms with Crippen molar-refractivity contribution in [1.29, 1.82) is 0 Å². The van der Waals surface area contributed by atoms with E-state index >= 15 is 0 Å². The molecular weight excluding hydrogens is 238 g/mol. The highest BCUT2D eigenvalue weighted by Gasteiger charge is 2.15. The Morgan fingerprint density at radius 3 is 2.71 bits per heavy atom. The average Bonchev–Trinajstić information content (AvgIpc) is 2.34. The zero-order valence-corrected chi connectivity index (χ0v) is 10.4. The van der Waals surface area contributed by atoms with E-state index in [1.54, 1.807) is 18.2 Å². The van der Waals surface area contributed by atoms with Crippen LogP contribution in [-0.4, -0.2) is 26.7 Å². The van der Waals surface area contributed by atoms with Gasteiger partial charge in [0.2, 0.25) is 10.0 Å². The lowest BCUT2D eigenvalue weighted by Gasteiger charge is -2.07. The predicted molar refractivity (Wildman–Crippen MR) is 65.9 cm³/mol. The Hall–Kier alpha value is -1.35. The maximum Gasteiger partial charge on any atom is 0.241 e. The third kappa shape index (κ3) is 3.86. The first-order valence-electron chi connectivity index (χ1n) is 5.30. The number of sulfonamides is 1. The third-order valence-electron chi connectivity index (χ3n) is 2.02. The average molecular weight is 253 g/mol. The van der Waals surface area contributed by atoms with Crippen LogP contribution in [0.15, 0.2) is 29.2 Å². The van der Waals surface area contributed by atoms with Gasteiger partial charge in [0.05, 0.1) is 4.90 Å². The number of benzene rings is 1. The lowest BCUT2D eigenvalue weighted by molar-refractivity contribution is 0.350. The Kier molecular flexibility index (Phi) is 5.16. The minimum absolute atomic E-state index is 0.148. The highest BCUT2D eigenvalue weighted by atomic mass is 32.2. The number of nitrogens with one attached hydrogen (secondary N) is 1. The third-order valence-corrected chi connectivity index (χ3v) is 3.54. The summed E-state index contributed by atoms with van der Waals surface area (Å²) >= 11 is 0. The lowest BCUT2D eigenvalue weighted by Crippen LogP contribution is -2.25. The molecule has 4 nitrogen and oxygen atoms in total. The molecule has 0 aliphatic carbocycles. The van der Waals surface area contributed by atoms with Gasteiger partial charge in [-0.05, 0) is 18.6 Å². The molecule has 0 saturated heterocycles. The van der Waals surface area contributed by atoms with Crippen LogP contribution in [0.25, 0.3) is 0 Å². The van der Waals surface area contributed by atoms with E-state index in [0.29, 0.717) is 12.1 Å². The van der Waals surface area contributed by atoms with E-state index in [1.807, 2.05) is 6.92 Å². The number of aliphatic hydroxyl groups excluding tert-OH is 1. The van der Waals surface area contributed by atoms with Gasteiger partial charge in [-0.3, -0.25) is 0 Å². The molecule has 92 valence electrons. The summed E-state index contributed by atoms with van der Waals surface area (Å²) in [5.74, 6) is 5.07. The molecule has 1 rings (SSSR count). The smallest absolute Gasteiger partial charge is 0.241 e. The molecule has 17 heavy (non-hydrogen) atoms. The van der Waals surface area contributed by atoms with Gasteiger partial charge in [0.1, 0.15) is 6.61 Å². The highest BCUT2D eigenvalue weighted by molar-refractivity contribution is 7.89. The van der Waals surface area contributed by atoms with Gasteiger partial charge in [-0.25, -0.2) is 13.1 Å². The van der Waals surface area contributed by atoms with E-state index < -0.39 is 10.0 Å². The second-order valence-corrected chi connectivity index (χ2v) is 5.09. The van der Waals surface area contributed by atoms with Crippen molar-refractivity contribution < 1.29 is 13.5 Å². The summed E-state index contributed by atoms with van der Waals surface area (Å²) in [6.45, 7) is 1.99. The topological polar surface area (TPSA) is 66.4 Å². The second kappa shape index (κ2) is 6.40. The molecule has 0 unspecified atom stereocenters. The molecule has 2 N–H and O–H groups in total. The summed E-state index contributed by atoms with van der Waals surface area (Å²) in [4.78, 5) is 0.148. The van der Waals surface area contributed by atoms with Crippen molar-refractivity contribution in [1.82, 2.24) is 4.72 Å². The van der Waals surface area contributed by atoms with E-state index in [4.69, 9.17) is 5.11 Å². The van der Waals surface area contributed by atoms with Crippen LogP contribution in [0.3, 0.4) is 0 Å². The van der Waals surface area contributed by atoms with Crippen LogP contribution >= 0.6 is 0 Å². The number of hydrogen-bond donors (Lipinski definition) is 2. The van der Waals surface area contributed by atoms with Gasteiger partial charge in [0.15, 0.2) is 0 Å². The molecular formula is C12H15NO3S. The van der Waals surface area contributed by atoms with Gasteiger partial charge in [-0.1, -0.05) is 30.9 Å². The van der Waals surface area contributed by atoms with Crippen molar-refractivity contribution in [2.24, 2.45) is 0 Å². The molecule has 1 aromatic rings. The molecule has 0 atom stereocenters. The SMILES string of the molecule is CCCNS(=O)(=O)c1ccccc1C#CCO. The van der Waals surface area contributed by atoms with Crippen LogP contribution in [-0.2, 0) is 10.0 Å². The van der Waals surface area contributed by atoms with E-state index in [2.05, 4.69) is 16.6 Å². The Labute approximate surface area is 102 Å². The number of hydrogen-bond acceptors (Lipinski definition) is 3. The summed E-state index contributed by atoms with van der Waals surface area (Å²) in [6, 6.07) is 6.47. The van der Waals surface area contributed by atoms with Crippen LogP contribution in [0, 0.1) is 11.8 Å². The second-order valence-electron chi connectivity index (χ2n) is 3.35. The van der Waals surface area contributed by atoms with Crippen molar-refractivity contribution in [2.75, 3.05) is 13.2 Å². The molecule has 0 saturated carbocycles. The maximum atomic E-state index is 11.9. The van der Waals surface area contributed by atoms with Gasteiger partial charge in [0.25, 0.3) is 0 Å². The monoisotopic (exact) mass is 253 g/mol. The number of rotatable bonds is 4. The zero-order valence-electron chi connectivity index (χ0n) is 9.60. The summed E-state index contributed by atoms with van der Waals surface area (Å²) < 4.78 is 26.4. The lowest BCUT2D eigenvalue weighted by atomic mass is 10.2. The molecule has 0 fully saturated rings. The van der Waals surface area contributed by atoms with Crippen LogP contribution in [0.2, 0.25) is 0 Å².